The highest BCUT2D eigenvalue weighted by atomic mass is 35.5. The van der Waals surface area contributed by atoms with E-state index >= 15 is 0 Å². The van der Waals surface area contributed by atoms with Gasteiger partial charge < -0.3 is 15.8 Å². The van der Waals surface area contributed by atoms with Crippen molar-refractivity contribution < 1.29 is 9.53 Å². The van der Waals surface area contributed by atoms with Crippen LogP contribution < -0.4 is 11.1 Å². The summed E-state index contributed by atoms with van der Waals surface area (Å²) in [7, 11) is 0. The summed E-state index contributed by atoms with van der Waals surface area (Å²) in [6.45, 7) is 7.39. The number of hydrogen-bond donors (Lipinski definition) is 2. The molecule has 2 unspecified atom stereocenters. The highest BCUT2D eigenvalue weighted by Crippen LogP contribution is 2.18. The molecule has 4 nitrogen and oxygen atoms in total. The Bertz CT molecular complexity index is 255. The first-order valence-electron chi connectivity index (χ1n) is 6.60. The van der Waals surface area contributed by atoms with Gasteiger partial charge in [0.25, 0.3) is 0 Å². The monoisotopic (exact) mass is 278 g/mol. The average molecular weight is 279 g/mol. The number of amides is 1. The van der Waals surface area contributed by atoms with E-state index in [4.69, 9.17) is 10.5 Å². The smallest absolute Gasteiger partial charge is 0.223 e. The minimum Gasteiger partial charge on any atom is -0.378 e. The predicted octanol–water partition coefficient (Wildman–Crippen LogP) is 1.86. The summed E-state index contributed by atoms with van der Waals surface area (Å²) in [5.41, 5.74) is 5.43. The number of ether oxygens (including phenoxy) is 1. The Hall–Kier alpha value is -0.320. The van der Waals surface area contributed by atoms with Crippen LogP contribution in [-0.4, -0.2) is 30.7 Å². The molecule has 0 aromatic carbocycles. The molecular formula is C13H27ClN2O2. The zero-order chi connectivity index (χ0) is 12.9. The zero-order valence-electron chi connectivity index (χ0n) is 11.7. The first-order valence-corrected chi connectivity index (χ1v) is 6.60. The molecule has 1 fully saturated rings. The van der Waals surface area contributed by atoms with Crippen molar-refractivity contribution in [2.24, 2.45) is 11.7 Å². The third-order valence-electron chi connectivity index (χ3n) is 3.81. The molecular weight excluding hydrogens is 252 g/mol. The lowest BCUT2D eigenvalue weighted by Gasteiger charge is -2.34. The van der Waals surface area contributed by atoms with E-state index in [1.54, 1.807) is 0 Å². The van der Waals surface area contributed by atoms with E-state index < -0.39 is 0 Å². The molecule has 3 N–H and O–H groups in total. The number of nitrogens with two attached hydrogens (primary N) is 1. The normalized spacial score (nSPS) is 23.1. The number of carbonyl (C=O) groups excluding carboxylic acids is 1. The standard InChI is InChI=1S/C13H26N2O2.ClH/c1-10(2)13(3,9-14)15-12(16)8-11-6-4-5-7-17-11;/h10-11H,4-9,14H2,1-3H3,(H,15,16);1H. The van der Waals surface area contributed by atoms with Gasteiger partial charge in [0.1, 0.15) is 0 Å². The van der Waals surface area contributed by atoms with E-state index in [9.17, 15) is 4.79 Å². The van der Waals surface area contributed by atoms with Crippen molar-refractivity contribution in [2.75, 3.05) is 13.2 Å². The number of carbonyl (C=O) groups is 1. The van der Waals surface area contributed by atoms with Crippen molar-refractivity contribution in [3.05, 3.63) is 0 Å². The van der Waals surface area contributed by atoms with E-state index in [1.807, 2.05) is 6.92 Å². The molecule has 0 aromatic heterocycles. The van der Waals surface area contributed by atoms with Crippen LogP contribution in [0.25, 0.3) is 0 Å². The molecule has 108 valence electrons. The fourth-order valence-corrected chi connectivity index (χ4v) is 1.98. The van der Waals surface area contributed by atoms with Gasteiger partial charge in [-0.15, -0.1) is 12.4 Å². The lowest BCUT2D eigenvalue weighted by atomic mass is 9.88. The first kappa shape index (κ1) is 17.7. The molecule has 1 aliphatic heterocycles. The molecule has 1 heterocycles. The number of hydrogen-bond acceptors (Lipinski definition) is 3. The first-order chi connectivity index (χ1) is 7.98. The second-order valence-electron chi connectivity index (χ2n) is 5.52. The second-order valence-corrected chi connectivity index (χ2v) is 5.52. The summed E-state index contributed by atoms with van der Waals surface area (Å²) < 4.78 is 5.57. The third-order valence-corrected chi connectivity index (χ3v) is 3.81. The predicted molar refractivity (Wildman–Crippen MR) is 75.9 cm³/mol. The van der Waals surface area contributed by atoms with Crippen molar-refractivity contribution in [2.45, 2.75) is 58.1 Å². The summed E-state index contributed by atoms with van der Waals surface area (Å²) in [6.07, 6.45) is 3.83. The van der Waals surface area contributed by atoms with Crippen LogP contribution in [0.15, 0.2) is 0 Å². The maximum atomic E-state index is 11.9. The van der Waals surface area contributed by atoms with E-state index in [-0.39, 0.29) is 30.0 Å². The molecule has 0 bridgehead atoms. The molecule has 1 aliphatic rings. The van der Waals surface area contributed by atoms with E-state index in [1.165, 1.54) is 0 Å². The quantitative estimate of drug-likeness (QED) is 0.807. The van der Waals surface area contributed by atoms with Gasteiger partial charge in [0.2, 0.25) is 5.91 Å². The summed E-state index contributed by atoms with van der Waals surface area (Å²) in [4.78, 5) is 11.9. The molecule has 0 aliphatic carbocycles. The van der Waals surface area contributed by atoms with Crippen molar-refractivity contribution in [1.29, 1.82) is 0 Å². The molecule has 18 heavy (non-hydrogen) atoms. The van der Waals surface area contributed by atoms with Gasteiger partial charge in [0, 0.05) is 13.2 Å². The van der Waals surface area contributed by atoms with Gasteiger partial charge in [0.15, 0.2) is 0 Å². The molecule has 0 saturated carbocycles. The minimum absolute atomic E-state index is 0. The summed E-state index contributed by atoms with van der Waals surface area (Å²) in [5.74, 6) is 0.377. The van der Waals surface area contributed by atoms with Crippen LogP contribution in [0.5, 0.6) is 0 Å². The lowest BCUT2D eigenvalue weighted by molar-refractivity contribution is -0.127. The van der Waals surface area contributed by atoms with Crippen LogP contribution in [0.1, 0.15) is 46.5 Å². The maximum Gasteiger partial charge on any atom is 0.223 e. The molecule has 1 amide bonds. The van der Waals surface area contributed by atoms with E-state index in [0.717, 1.165) is 25.9 Å². The molecule has 0 radical (unpaired) electrons. The molecule has 0 aromatic rings. The molecule has 2 atom stereocenters. The minimum atomic E-state index is -0.314. The van der Waals surface area contributed by atoms with Gasteiger partial charge >= 0.3 is 0 Å². The molecule has 1 rings (SSSR count). The van der Waals surface area contributed by atoms with Crippen molar-refractivity contribution in [3.63, 3.8) is 0 Å². The van der Waals surface area contributed by atoms with Crippen molar-refractivity contribution in [3.8, 4) is 0 Å². The molecule has 1 saturated heterocycles. The summed E-state index contributed by atoms with van der Waals surface area (Å²) in [5, 5.41) is 3.05. The Balaban J connectivity index is 0.00000289. The van der Waals surface area contributed by atoms with Crippen LogP contribution in [0.4, 0.5) is 0 Å². The van der Waals surface area contributed by atoms with Crippen molar-refractivity contribution >= 4 is 18.3 Å². The van der Waals surface area contributed by atoms with Crippen LogP contribution in [0.3, 0.4) is 0 Å². The van der Waals surface area contributed by atoms with Gasteiger partial charge in [-0.25, -0.2) is 0 Å². The van der Waals surface area contributed by atoms with Gasteiger partial charge in [0.05, 0.1) is 18.1 Å². The van der Waals surface area contributed by atoms with Crippen LogP contribution in [0.2, 0.25) is 0 Å². The number of nitrogens with one attached hydrogen (secondary N) is 1. The average Bonchev–Trinajstić information content (AvgIpc) is 2.29. The fourth-order valence-electron chi connectivity index (χ4n) is 1.98. The van der Waals surface area contributed by atoms with Crippen LogP contribution in [0, 0.1) is 5.92 Å². The Morgan fingerprint density at radius 1 is 1.50 bits per heavy atom. The van der Waals surface area contributed by atoms with E-state index in [2.05, 4.69) is 19.2 Å². The van der Waals surface area contributed by atoms with Crippen LogP contribution in [-0.2, 0) is 9.53 Å². The Morgan fingerprint density at radius 2 is 2.17 bits per heavy atom. The highest BCUT2D eigenvalue weighted by Gasteiger charge is 2.29. The number of halogens is 1. The fraction of sp³-hybridized carbons (Fsp3) is 0.923. The summed E-state index contributed by atoms with van der Waals surface area (Å²) in [6, 6.07) is 0. The third kappa shape index (κ3) is 5.12. The second kappa shape index (κ2) is 7.97. The Kier molecular flexibility index (Phi) is 7.83. The van der Waals surface area contributed by atoms with Crippen molar-refractivity contribution in [1.82, 2.24) is 5.32 Å². The lowest BCUT2D eigenvalue weighted by Crippen LogP contribution is -2.55. The molecule has 0 spiro atoms. The van der Waals surface area contributed by atoms with Gasteiger partial charge in [-0.1, -0.05) is 13.8 Å². The highest BCUT2D eigenvalue weighted by molar-refractivity contribution is 5.85. The van der Waals surface area contributed by atoms with Gasteiger partial charge in [-0.2, -0.15) is 0 Å². The molecule has 5 heteroatoms. The zero-order valence-corrected chi connectivity index (χ0v) is 12.5. The number of rotatable bonds is 5. The topological polar surface area (TPSA) is 64.3 Å². The summed E-state index contributed by atoms with van der Waals surface area (Å²) >= 11 is 0. The van der Waals surface area contributed by atoms with Crippen LogP contribution >= 0.6 is 12.4 Å². The Morgan fingerprint density at radius 3 is 2.61 bits per heavy atom. The SMILES string of the molecule is CC(C)C(C)(CN)NC(=O)CC1CCCCO1.Cl. The van der Waals surface area contributed by atoms with Gasteiger partial charge in [-0.05, 0) is 32.1 Å². The largest absolute Gasteiger partial charge is 0.378 e. The van der Waals surface area contributed by atoms with Gasteiger partial charge in [-0.3, -0.25) is 4.79 Å². The maximum absolute atomic E-state index is 11.9. The van der Waals surface area contributed by atoms with E-state index in [0.29, 0.717) is 18.9 Å². The Labute approximate surface area is 116 Å².